The molecule has 1 aliphatic heterocycles. The van der Waals surface area contributed by atoms with Gasteiger partial charge in [0, 0.05) is 24.4 Å². The largest absolute Gasteiger partial charge is 0.376 e. The van der Waals surface area contributed by atoms with Gasteiger partial charge in [-0.05, 0) is 56.9 Å². The van der Waals surface area contributed by atoms with Crippen LogP contribution >= 0.6 is 0 Å². The van der Waals surface area contributed by atoms with Crippen LogP contribution in [0.5, 0.6) is 0 Å². The van der Waals surface area contributed by atoms with E-state index in [1.165, 1.54) is 6.92 Å². The van der Waals surface area contributed by atoms with Gasteiger partial charge in [0.15, 0.2) is 5.78 Å². The zero-order valence-corrected chi connectivity index (χ0v) is 13.8. The number of carbonyl (C=O) groups excluding carboxylic acids is 3. The summed E-state index contributed by atoms with van der Waals surface area (Å²) in [4.78, 5) is 36.1. The summed E-state index contributed by atoms with van der Waals surface area (Å²) in [5, 5.41) is 5.63. The van der Waals surface area contributed by atoms with E-state index in [9.17, 15) is 14.4 Å². The average Bonchev–Trinajstić information content (AvgIpc) is 3.23. The van der Waals surface area contributed by atoms with Crippen molar-refractivity contribution in [2.75, 3.05) is 18.5 Å². The van der Waals surface area contributed by atoms with Gasteiger partial charge in [-0.25, -0.2) is 0 Å². The molecule has 0 spiro atoms. The predicted octanol–water partition coefficient (Wildman–Crippen LogP) is 1.90. The Morgan fingerprint density at radius 2 is 1.88 bits per heavy atom. The van der Waals surface area contributed by atoms with Gasteiger partial charge in [0.1, 0.15) is 5.41 Å². The van der Waals surface area contributed by atoms with E-state index in [1.807, 2.05) is 0 Å². The van der Waals surface area contributed by atoms with E-state index in [0.29, 0.717) is 30.6 Å². The first-order chi connectivity index (χ1) is 11.5. The molecule has 6 nitrogen and oxygen atoms in total. The van der Waals surface area contributed by atoms with Crippen molar-refractivity contribution in [3.05, 3.63) is 29.8 Å². The van der Waals surface area contributed by atoms with Crippen LogP contribution in [0, 0.1) is 5.41 Å². The predicted molar refractivity (Wildman–Crippen MR) is 88.7 cm³/mol. The van der Waals surface area contributed by atoms with Gasteiger partial charge in [-0.2, -0.15) is 0 Å². The lowest BCUT2D eigenvalue weighted by atomic mass is 10.0. The van der Waals surface area contributed by atoms with Crippen molar-refractivity contribution in [1.82, 2.24) is 5.32 Å². The summed E-state index contributed by atoms with van der Waals surface area (Å²) in [7, 11) is 0. The lowest BCUT2D eigenvalue weighted by Crippen LogP contribution is -2.42. The Morgan fingerprint density at radius 3 is 2.42 bits per heavy atom. The van der Waals surface area contributed by atoms with E-state index >= 15 is 0 Å². The van der Waals surface area contributed by atoms with Gasteiger partial charge in [-0.3, -0.25) is 14.4 Å². The minimum atomic E-state index is -0.960. The van der Waals surface area contributed by atoms with Gasteiger partial charge < -0.3 is 15.4 Å². The molecule has 1 atom stereocenters. The van der Waals surface area contributed by atoms with Gasteiger partial charge >= 0.3 is 0 Å². The molecule has 24 heavy (non-hydrogen) atoms. The summed E-state index contributed by atoms with van der Waals surface area (Å²) < 4.78 is 5.48. The van der Waals surface area contributed by atoms with Crippen molar-refractivity contribution < 1.29 is 19.1 Å². The Morgan fingerprint density at radius 1 is 1.17 bits per heavy atom. The van der Waals surface area contributed by atoms with Crippen molar-refractivity contribution in [3.8, 4) is 0 Å². The van der Waals surface area contributed by atoms with Crippen LogP contribution in [-0.4, -0.2) is 36.9 Å². The summed E-state index contributed by atoms with van der Waals surface area (Å²) in [6, 6.07) is 6.67. The zero-order valence-electron chi connectivity index (χ0n) is 13.8. The summed E-state index contributed by atoms with van der Waals surface area (Å²) in [6.45, 7) is 2.69. The van der Waals surface area contributed by atoms with Crippen LogP contribution < -0.4 is 10.6 Å². The maximum Gasteiger partial charge on any atom is 0.240 e. The molecule has 2 fully saturated rings. The molecule has 1 heterocycles. The molecule has 1 aromatic carbocycles. The van der Waals surface area contributed by atoms with Crippen molar-refractivity contribution in [3.63, 3.8) is 0 Å². The van der Waals surface area contributed by atoms with E-state index in [-0.39, 0.29) is 23.7 Å². The number of hydrogen-bond donors (Lipinski definition) is 2. The first kappa shape index (κ1) is 16.6. The molecular weight excluding hydrogens is 308 g/mol. The number of ketones is 1. The van der Waals surface area contributed by atoms with Crippen LogP contribution in [0.25, 0.3) is 0 Å². The maximum absolute atomic E-state index is 12.5. The van der Waals surface area contributed by atoms with E-state index in [0.717, 1.165) is 19.4 Å². The quantitative estimate of drug-likeness (QED) is 0.616. The molecule has 1 unspecified atom stereocenters. The summed E-state index contributed by atoms with van der Waals surface area (Å²) >= 11 is 0. The number of amides is 2. The number of benzene rings is 1. The topological polar surface area (TPSA) is 84.5 Å². The van der Waals surface area contributed by atoms with Crippen LogP contribution in [0.4, 0.5) is 5.69 Å². The lowest BCUT2D eigenvalue weighted by molar-refractivity contribution is -0.134. The van der Waals surface area contributed by atoms with E-state index in [4.69, 9.17) is 4.74 Å². The summed E-state index contributed by atoms with van der Waals surface area (Å²) in [5.74, 6) is -0.543. The molecule has 1 aromatic rings. The van der Waals surface area contributed by atoms with Crippen LogP contribution in [0.3, 0.4) is 0 Å². The summed E-state index contributed by atoms with van der Waals surface area (Å²) in [6.07, 6.45) is 3.14. The smallest absolute Gasteiger partial charge is 0.240 e. The Bertz CT molecular complexity index is 643. The van der Waals surface area contributed by atoms with Crippen LogP contribution in [0.15, 0.2) is 24.3 Å². The summed E-state index contributed by atoms with van der Waals surface area (Å²) in [5.41, 5.74) is 0.212. The van der Waals surface area contributed by atoms with Gasteiger partial charge in [0.25, 0.3) is 0 Å². The maximum atomic E-state index is 12.5. The monoisotopic (exact) mass is 330 g/mol. The van der Waals surface area contributed by atoms with Gasteiger partial charge in [0.05, 0.1) is 6.10 Å². The Labute approximate surface area is 140 Å². The minimum absolute atomic E-state index is 0.0277. The molecule has 2 aliphatic rings. The molecular formula is C18H22N2O4. The van der Waals surface area contributed by atoms with Crippen LogP contribution in [-0.2, 0) is 14.3 Å². The van der Waals surface area contributed by atoms with Gasteiger partial charge in [-0.1, -0.05) is 0 Å². The SMILES string of the molecule is CC(=O)c1ccc(NC(=O)C2(C(=O)NCC3CCCO3)CC2)cc1. The number of carbonyl (C=O) groups is 3. The molecule has 1 saturated heterocycles. The number of ether oxygens (including phenoxy) is 1. The Hall–Kier alpha value is -2.21. The second-order valence-electron chi connectivity index (χ2n) is 6.51. The number of Topliss-reactive ketones (excluding diaryl/α,β-unsaturated/α-hetero) is 1. The molecule has 1 saturated carbocycles. The Kier molecular flexibility index (Phi) is 4.66. The van der Waals surface area contributed by atoms with Crippen molar-refractivity contribution in [1.29, 1.82) is 0 Å². The number of anilines is 1. The number of hydrogen-bond acceptors (Lipinski definition) is 4. The van der Waals surface area contributed by atoms with E-state index in [1.54, 1.807) is 24.3 Å². The lowest BCUT2D eigenvalue weighted by Gasteiger charge is -2.17. The fraction of sp³-hybridized carbons (Fsp3) is 0.500. The third-order valence-corrected chi connectivity index (χ3v) is 4.68. The van der Waals surface area contributed by atoms with Crippen molar-refractivity contribution >= 4 is 23.3 Å². The third-order valence-electron chi connectivity index (χ3n) is 4.68. The van der Waals surface area contributed by atoms with Gasteiger partial charge in [0.2, 0.25) is 11.8 Å². The molecule has 0 aromatic heterocycles. The molecule has 1 aliphatic carbocycles. The fourth-order valence-corrected chi connectivity index (χ4v) is 2.90. The molecule has 0 bridgehead atoms. The highest BCUT2D eigenvalue weighted by Crippen LogP contribution is 2.46. The standard InChI is InChI=1S/C18H22N2O4/c1-12(21)13-4-6-14(7-5-13)20-17(23)18(8-9-18)16(22)19-11-15-3-2-10-24-15/h4-7,15H,2-3,8-11H2,1H3,(H,19,22)(H,20,23). The normalized spacial score (nSPS) is 21.1. The number of nitrogens with one attached hydrogen (secondary N) is 2. The highest BCUT2D eigenvalue weighted by molar-refractivity contribution is 6.13. The highest BCUT2D eigenvalue weighted by Gasteiger charge is 2.56. The van der Waals surface area contributed by atoms with Crippen molar-refractivity contribution in [2.45, 2.75) is 38.7 Å². The van der Waals surface area contributed by atoms with E-state index in [2.05, 4.69) is 10.6 Å². The zero-order chi connectivity index (χ0) is 17.2. The highest BCUT2D eigenvalue weighted by atomic mass is 16.5. The van der Waals surface area contributed by atoms with Crippen LogP contribution in [0.1, 0.15) is 43.0 Å². The number of rotatable bonds is 6. The first-order valence-electron chi connectivity index (χ1n) is 8.34. The molecule has 0 radical (unpaired) electrons. The van der Waals surface area contributed by atoms with E-state index < -0.39 is 5.41 Å². The second kappa shape index (κ2) is 6.73. The molecule has 2 N–H and O–H groups in total. The molecule has 3 rings (SSSR count). The molecule has 6 heteroatoms. The van der Waals surface area contributed by atoms with Crippen molar-refractivity contribution in [2.24, 2.45) is 5.41 Å². The second-order valence-corrected chi connectivity index (χ2v) is 6.51. The minimum Gasteiger partial charge on any atom is -0.376 e. The fourth-order valence-electron chi connectivity index (χ4n) is 2.90. The van der Waals surface area contributed by atoms with Crippen LogP contribution in [0.2, 0.25) is 0 Å². The molecule has 128 valence electrons. The van der Waals surface area contributed by atoms with Gasteiger partial charge in [-0.15, -0.1) is 0 Å². The Balaban J connectivity index is 1.56. The molecule has 2 amide bonds. The average molecular weight is 330 g/mol. The third kappa shape index (κ3) is 3.48. The first-order valence-corrected chi connectivity index (χ1v) is 8.34.